The Morgan fingerprint density at radius 1 is 1.32 bits per heavy atom. The smallest absolute Gasteiger partial charge is 0.329 e. The number of unbranched alkanes of at least 4 members (excludes halogenated alkanes) is 1. The first-order valence-electron chi connectivity index (χ1n) is 7.09. The van der Waals surface area contributed by atoms with Crippen molar-refractivity contribution in [3.63, 3.8) is 0 Å². The number of anilines is 1. The lowest BCUT2D eigenvalue weighted by Gasteiger charge is -2.27. The highest BCUT2D eigenvalue weighted by molar-refractivity contribution is 5.92. The van der Waals surface area contributed by atoms with Gasteiger partial charge in [0, 0.05) is 6.54 Å². The van der Waals surface area contributed by atoms with Crippen molar-refractivity contribution in [1.82, 2.24) is 14.9 Å². The zero-order valence-corrected chi connectivity index (χ0v) is 12.0. The molecule has 0 aliphatic carbocycles. The Morgan fingerprint density at radius 2 is 2.14 bits per heavy atom. The summed E-state index contributed by atoms with van der Waals surface area (Å²) in [6.07, 6.45) is 3.10. The summed E-state index contributed by atoms with van der Waals surface area (Å²) in [5, 5.41) is 5.20. The Balaban J connectivity index is 2.20. The molecule has 0 bridgehead atoms. The minimum atomic E-state index is -0.726. The monoisotopic (exact) mass is 304 g/mol. The summed E-state index contributed by atoms with van der Waals surface area (Å²) in [5.41, 5.74) is -0.801. The molecule has 0 saturated carbocycles. The molecule has 8 nitrogen and oxygen atoms in total. The number of hydrogen-bond acceptors (Lipinski definition) is 4. The standard InChI is InChI=1S/C14H16N4O4/c1-2-3-6-18-11-9(12(19)17-14(18)21)10(15-13(20)16-11)8-5-4-7-22-8/h4-5,7,10H,2-3,6H2,1H3,(H2,15,16,20)(H,17,19,21)/t10-/m0/s1. The summed E-state index contributed by atoms with van der Waals surface area (Å²) in [6.45, 7) is 2.41. The van der Waals surface area contributed by atoms with Crippen molar-refractivity contribution in [1.29, 1.82) is 0 Å². The van der Waals surface area contributed by atoms with E-state index in [2.05, 4.69) is 15.6 Å². The second kappa shape index (κ2) is 5.55. The molecular formula is C14H16N4O4. The lowest BCUT2D eigenvalue weighted by atomic mass is 10.0. The van der Waals surface area contributed by atoms with Crippen LogP contribution < -0.4 is 21.9 Å². The number of nitrogens with zero attached hydrogens (tertiary/aromatic N) is 1. The van der Waals surface area contributed by atoms with Gasteiger partial charge in [0.1, 0.15) is 17.6 Å². The summed E-state index contributed by atoms with van der Waals surface area (Å²) in [6, 6.07) is 2.13. The number of carbonyl (C=O) groups is 1. The number of fused-ring (bicyclic) bond motifs is 1. The van der Waals surface area contributed by atoms with E-state index in [4.69, 9.17) is 4.42 Å². The van der Waals surface area contributed by atoms with Gasteiger partial charge in [-0.25, -0.2) is 9.59 Å². The van der Waals surface area contributed by atoms with Gasteiger partial charge >= 0.3 is 11.7 Å². The van der Waals surface area contributed by atoms with E-state index in [0.717, 1.165) is 12.8 Å². The van der Waals surface area contributed by atoms with Crippen molar-refractivity contribution >= 4 is 11.8 Å². The van der Waals surface area contributed by atoms with Crippen molar-refractivity contribution in [3.05, 3.63) is 50.6 Å². The van der Waals surface area contributed by atoms with Gasteiger partial charge in [-0.2, -0.15) is 0 Å². The van der Waals surface area contributed by atoms with Gasteiger partial charge < -0.3 is 9.73 Å². The number of aromatic amines is 1. The van der Waals surface area contributed by atoms with E-state index in [1.54, 1.807) is 12.1 Å². The average molecular weight is 304 g/mol. The molecule has 0 radical (unpaired) electrons. The van der Waals surface area contributed by atoms with Crippen LogP contribution in [0.4, 0.5) is 10.6 Å². The number of rotatable bonds is 4. The Kier molecular flexibility index (Phi) is 3.58. The molecule has 0 spiro atoms. The van der Waals surface area contributed by atoms with Gasteiger partial charge in [0.2, 0.25) is 0 Å². The summed E-state index contributed by atoms with van der Waals surface area (Å²) in [7, 11) is 0. The van der Waals surface area contributed by atoms with Crippen molar-refractivity contribution in [2.24, 2.45) is 0 Å². The zero-order valence-electron chi connectivity index (χ0n) is 12.0. The first-order chi connectivity index (χ1) is 10.6. The third kappa shape index (κ3) is 2.32. The lowest BCUT2D eigenvalue weighted by Crippen LogP contribution is -2.46. The highest BCUT2D eigenvalue weighted by Crippen LogP contribution is 2.28. The van der Waals surface area contributed by atoms with Crippen LogP contribution in [0.3, 0.4) is 0 Å². The Morgan fingerprint density at radius 3 is 2.82 bits per heavy atom. The molecule has 1 aliphatic heterocycles. The van der Waals surface area contributed by atoms with E-state index in [1.165, 1.54) is 10.8 Å². The molecule has 0 saturated heterocycles. The molecule has 3 heterocycles. The second-order valence-electron chi connectivity index (χ2n) is 5.07. The number of urea groups is 1. The number of nitrogens with one attached hydrogen (secondary N) is 3. The molecule has 0 unspecified atom stereocenters. The third-order valence-corrected chi connectivity index (χ3v) is 3.59. The van der Waals surface area contributed by atoms with Crippen LogP contribution in [0, 0.1) is 0 Å². The Hall–Kier alpha value is -2.77. The molecule has 0 aromatic carbocycles. The Labute approximate surface area is 125 Å². The number of furan rings is 1. The minimum Gasteiger partial charge on any atom is -0.467 e. The van der Waals surface area contributed by atoms with Crippen LogP contribution in [0.25, 0.3) is 0 Å². The van der Waals surface area contributed by atoms with E-state index >= 15 is 0 Å². The maximum atomic E-state index is 12.2. The maximum absolute atomic E-state index is 12.2. The molecule has 1 atom stereocenters. The lowest BCUT2D eigenvalue weighted by molar-refractivity contribution is 0.246. The van der Waals surface area contributed by atoms with E-state index in [-0.39, 0.29) is 11.4 Å². The van der Waals surface area contributed by atoms with Crippen molar-refractivity contribution in [2.75, 3.05) is 5.32 Å². The van der Waals surface area contributed by atoms with Gasteiger partial charge in [0.25, 0.3) is 5.56 Å². The van der Waals surface area contributed by atoms with E-state index in [9.17, 15) is 14.4 Å². The second-order valence-corrected chi connectivity index (χ2v) is 5.07. The molecule has 22 heavy (non-hydrogen) atoms. The topological polar surface area (TPSA) is 109 Å². The summed E-state index contributed by atoms with van der Waals surface area (Å²) in [5.74, 6) is 0.662. The molecule has 3 rings (SSSR count). The minimum absolute atomic E-state index is 0.229. The normalized spacial score (nSPS) is 16.8. The quantitative estimate of drug-likeness (QED) is 0.787. The van der Waals surface area contributed by atoms with Gasteiger partial charge in [0.05, 0.1) is 11.8 Å². The fraction of sp³-hybridized carbons (Fsp3) is 0.357. The van der Waals surface area contributed by atoms with Crippen LogP contribution in [-0.4, -0.2) is 15.6 Å². The van der Waals surface area contributed by atoms with E-state index < -0.39 is 23.3 Å². The molecule has 0 fully saturated rings. The fourth-order valence-electron chi connectivity index (χ4n) is 2.53. The summed E-state index contributed by atoms with van der Waals surface area (Å²) >= 11 is 0. The van der Waals surface area contributed by atoms with Crippen LogP contribution in [-0.2, 0) is 6.54 Å². The maximum Gasteiger partial charge on any atom is 0.329 e. The third-order valence-electron chi connectivity index (χ3n) is 3.59. The molecule has 1 aliphatic rings. The molecule has 3 N–H and O–H groups in total. The number of amides is 2. The van der Waals surface area contributed by atoms with Crippen LogP contribution >= 0.6 is 0 Å². The van der Waals surface area contributed by atoms with E-state index in [0.29, 0.717) is 12.3 Å². The van der Waals surface area contributed by atoms with Crippen molar-refractivity contribution in [2.45, 2.75) is 32.4 Å². The predicted molar refractivity (Wildman–Crippen MR) is 78.9 cm³/mol. The molecule has 2 amide bonds. The largest absolute Gasteiger partial charge is 0.467 e. The van der Waals surface area contributed by atoms with Crippen LogP contribution in [0.1, 0.15) is 37.1 Å². The van der Waals surface area contributed by atoms with Gasteiger partial charge in [-0.3, -0.25) is 19.7 Å². The van der Waals surface area contributed by atoms with Crippen LogP contribution in [0.5, 0.6) is 0 Å². The Bertz CT molecular complexity index is 803. The number of hydrogen-bond donors (Lipinski definition) is 3. The van der Waals surface area contributed by atoms with Crippen molar-refractivity contribution < 1.29 is 9.21 Å². The zero-order chi connectivity index (χ0) is 15.7. The van der Waals surface area contributed by atoms with Gasteiger partial charge in [-0.15, -0.1) is 0 Å². The summed E-state index contributed by atoms with van der Waals surface area (Å²) < 4.78 is 6.69. The molecule has 116 valence electrons. The van der Waals surface area contributed by atoms with Gasteiger partial charge in [-0.05, 0) is 18.6 Å². The van der Waals surface area contributed by atoms with Gasteiger partial charge in [-0.1, -0.05) is 13.3 Å². The molecule has 8 heteroatoms. The van der Waals surface area contributed by atoms with Gasteiger partial charge in [0.15, 0.2) is 0 Å². The highest BCUT2D eigenvalue weighted by Gasteiger charge is 2.32. The molecular weight excluding hydrogens is 288 g/mol. The SMILES string of the molecule is CCCCn1c2c(c(=O)[nH]c1=O)[C@H](c1ccco1)NC(=O)N2. The highest BCUT2D eigenvalue weighted by atomic mass is 16.3. The van der Waals surface area contributed by atoms with Crippen LogP contribution in [0.15, 0.2) is 32.4 Å². The first-order valence-corrected chi connectivity index (χ1v) is 7.09. The summed E-state index contributed by atoms with van der Waals surface area (Å²) in [4.78, 5) is 38.4. The molecule has 2 aromatic rings. The number of carbonyl (C=O) groups excluding carboxylic acids is 1. The first kappa shape index (κ1) is 14.2. The number of H-pyrrole nitrogens is 1. The predicted octanol–water partition coefficient (Wildman–Crippen LogP) is 1.15. The van der Waals surface area contributed by atoms with Crippen LogP contribution in [0.2, 0.25) is 0 Å². The molecule has 2 aromatic heterocycles. The van der Waals surface area contributed by atoms with Crippen molar-refractivity contribution in [3.8, 4) is 0 Å². The fourth-order valence-corrected chi connectivity index (χ4v) is 2.53. The average Bonchev–Trinajstić information content (AvgIpc) is 3.00. The van der Waals surface area contributed by atoms with E-state index in [1.807, 2.05) is 6.92 Å². The number of aromatic nitrogens is 2.